The Kier molecular flexibility index (Phi) is 7.64. The molecule has 1 aromatic carbocycles. The fourth-order valence-electron chi connectivity index (χ4n) is 3.70. The Morgan fingerprint density at radius 3 is 2.23 bits per heavy atom. The Morgan fingerprint density at radius 2 is 1.74 bits per heavy atom. The number of nitrogens with zero attached hydrogens (tertiary/aromatic N) is 1. The van der Waals surface area contributed by atoms with Gasteiger partial charge < -0.3 is 9.47 Å². The van der Waals surface area contributed by atoms with Crippen molar-refractivity contribution in [2.24, 2.45) is 5.41 Å². The van der Waals surface area contributed by atoms with Gasteiger partial charge in [0.05, 0.1) is 5.57 Å². The first-order chi connectivity index (χ1) is 14.3. The van der Waals surface area contributed by atoms with E-state index in [1.54, 1.807) is 20.8 Å². The zero-order chi connectivity index (χ0) is 23.7. The molecule has 1 unspecified atom stereocenters. The molecule has 1 heterocycles. The number of hydrogen-bond donors (Lipinski definition) is 0. The number of carbonyl (C=O) groups excluding carboxylic acids is 2. The Labute approximate surface area is 192 Å². The molecule has 0 aliphatic carbocycles. The van der Waals surface area contributed by atoms with Crippen LogP contribution in [-0.2, 0) is 25.3 Å². The number of carbonyl (C=O) groups is 2. The number of halogens is 1. The summed E-state index contributed by atoms with van der Waals surface area (Å²) in [7, 11) is -1.58. The fraction of sp³-hybridized carbons (Fsp3) is 0.565. The van der Waals surface area contributed by atoms with E-state index in [2.05, 4.69) is 0 Å². The van der Waals surface area contributed by atoms with Gasteiger partial charge in [0, 0.05) is 17.0 Å². The minimum atomic E-state index is -1.58. The summed E-state index contributed by atoms with van der Waals surface area (Å²) >= 11 is 5.91. The van der Waals surface area contributed by atoms with Gasteiger partial charge in [0.25, 0.3) is 5.91 Å². The molecule has 0 saturated heterocycles. The normalized spacial score (nSPS) is 17.2. The molecule has 8 heteroatoms. The average Bonchev–Trinajstić information content (AvgIpc) is 2.85. The molecule has 6 nitrogen and oxygen atoms in total. The van der Waals surface area contributed by atoms with Crippen molar-refractivity contribution in [2.45, 2.75) is 60.9 Å². The van der Waals surface area contributed by atoms with E-state index in [4.69, 9.17) is 21.1 Å². The van der Waals surface area contributed by atoms with Crippen LogP contribution in [0.2, 0.25) is 0 Å². The molecule has 0 saturated carbocycles. The minimum Gasteiger partial charge on any atom is -0.433 e. The van der Waals surface area contributed by atoms with Gasteiger partial charge >= 0.3 is 6.16 Å². The van der Waals surface area contributed by atoms with Crippen LogP contribution in [-0.4, -0.2) is 44.4 Å². The second-order valence-electron chi connectivity index (χ2n) is 9.19. The van der Waals surface area contributed by atoms with Crippen molar-refractivity contribution in [2.75, 3.05) is 18.2 Å². The van der Waals surface area contributed by atoms with Gasteiger partial charge in [0.2, 0.25) is 0 Å². The van der Waals surface area contributed by atoms with Crippen LogP contribution in [0, 0.1) is 26.2 Å². The second-order valence-corrected chi connectivity index (χ2v) is 11.0. The van der Waals surface area contributed by atoms with Gasteiger partial charge in [-0.25, -0.2) is 13.3 Å². The average molecular weight is 470 g/mol. The maximum absolute atomic E-state index is 13.5. The first kappa shape index (κ1) is 25.4. The van der Waals surface area contributed by atoms with E-state index < -0.39 is 34.0 Å². The van der Waals surface area contributed by atoms with Crippen LogP contribution in [0.15, 0.2) is 17.9 Å². The monoisotopic (exact) mass is 469 g/mol. The summed E-state index contributed by atoms with van der Waals surface area (Å²) in [6, 6.07) is 3.93. The number of benzene rings is 1. The number of rotatable bonds is 7. The smallest absolute Gasteiger partial charge is 0.433 e. The van der Waals surface area contributed by atoms with Gasteiger partial charge in [0.1, 0.15) is 23.1 Å². The van der Waals surface area contributed by atoms with Gasteiger partial charge in [0.15, 0.2) is 5.76 Å². The van der Waals surface area contributed by atoms with Crippen LogP contribution < -0.4 is 0 Å². The molecule has 1 amide bonds. The summed E-state index contributed by atoms with van der Waals surface area (Å²) in [6.07, 6.45) is -0.918. The minimum absolute atomic E-state index is 0.0690. The predicted molar refractivity (Wildman–Crippen MR) is 124 cm³/mol. The molecular weight excluding hydrogens is 438 g/mol. The second kappa shape index (κ2) is 9.33. The van der Waals surface area contributed by atoms with Gasteiger partial charge in [-0.15, -0.1) is 11.6 Å². The summed E-state index contributed by atoms with van der Waals surface area (Å²) in [5.41, 5.74) is 2.22. The van der Waals surface area contributed by atoms with Crippen LogP contribution in [0.3, 0.4) is 0 Å². The number of amides is 1. The third-order valence-corrected chi connectivity index (χ3v) is 7.44. The van der Waals surface area contributed by atoms with Crippen molar-refractivity contribution in [1.29, 1.82) is 0 Å². The summed E-state index contributed by atoms with van der Waals surface area (Å²) in [5, 5.41) is 0. The number of aryl methyl sites for hydroxylation is 3. The van der Waals surface area contributed by atoms with Crippen molar-refractivity contribution in [1.82, 2.24) is 4.31 Å². The van der Waals surface area contributed by atoms with E-state index in [1.165, 1.54) is 4.31 Å². The molecule has 0 spiro atoms. The fourth-order valence-corrected chi connectivity index (χ4v) is 4.91. The molecule has 2 rings (SSSR count). The third kappa shape index (κ3) is 5.14. The molecule has 31 heavy (non-hydrogen) atoms. The molecule has 0 fully saturated rings. The lowest BCUT2D eigenvalue weighted by Gasteiger charge is -2.31. The van der Waals surface area contributed by atoms with Crippen LogP contribution in [0.25, 0.3) is 5.57 Å². The molecule has 1 aliphatic rings. The molecule has 0 aromatic heterocycles. The lowest BCUT2D eigenvalue weighted by Crippen LogP contribution is -2.45. The van der Waals surface area contributed by atoms with Crippen LogP contribution in [0.1, 0.15) is 56.9 Å². The summed E-state index contributed by atoms with van der Waals surface area (Å²) in [6.45, 7) is 14.8. The van der Waals surface area contributed by atoms with Crippen molar-refractivity contribution in [3.05, 3.63) is 40.1 Å². The van der Waals surface area contributed by atoms with Gasteiger partial charge in [-0.3, -0.25) is 4.79 Å². The predicted octanol–water partition coefficient (Wildman–Crippen LogP) is 5.05. The van der Waals surface area contributed by atoms with Crippen LogP contribution in [0.5, 0.6) is 0 Å². The van der Waals surface area contributed by atoms with Gasteiger partial charge in [-0.1, -0.05) is 38.5 Å². The lowest BCUT2D eigenvalue weighted by atomic mass is 9.91. The molecule has 1 atom stereocenters. The van der Waals surface area contributed by atoms with Crippen LogP contribution >= 0.6 is 11.6 Å². The first-order valence-electron chi connectivity index (χ1n) is 10.2. The lowest BCUT2D eigenvalue weighted by molar-refractivity contribution is -0.121. The zero-order valence-corrected chi connectivity index (χ0v) is 21.1. The largest absolute Gasteiger partial charge is 0.513 e. The van der Waals surface area contributed by atoms with Gasteiger partial charge in [-0.05, 0) is 51.3 Å². The van der Waals surface area contributed by atoms with E-state index in [1.807, 2.05) is 46.8 Å². The third-order valence-electron chi connectivity index (χ3n) is 5.19. The molecule has 1 aliphatic heterocycles. The Balaban J connectivity index is 2.59. The van der Waals surface area contributed by atoms with Gasteiger partial charge in [-0.2, -0.15) is 0 Å². The van der Waals surface area contributed by atoms with Crippen molar-refractivity contribution >= 4 is 40.2 Å². The topological polar surface area (TPSA) is 72.9 Å². The van der Waals surface area contributed by atoms with E-state index in [0.29, 0.717) is 11.4 Å². The van der Waals surface area contributed by atoms with E-state index >= 15 is 0 Å². The highest BCUT2D eigenvalue weighted by Crippen LogP contribution is 2.43. The molecule has 172 valence electrons. The molecular formula is C23H32ClNO5S. The Morgan fingerprint density at radius 1 is 1.19 bits per heavy atom. The Hall–Kier alpha value is -1.86. The highest BCUT2D eigenvalue weighted by atomic mass is 35.5. The maximum Gasteiger partial charge on any atom is 0.513 e. The number of ether oxygens (including phenoxy) is 2. The molecule has 0 bridgehead atoms. The molecule has 0 N–H and O–H groups in total. The summed E-state index contributed by atoms with van der Waals surface area (Å²) in [5.74, 6) is 0.284. The highest BCUT2D eigenvalue weighted by Gasteiger charge is 2.51. The highest BCUT2D eigenvalue weighted by molar-refractivity contribution is 7.83. The van der Waals surface area contributed by atoms with E-state index in [0.717, 1.165) is 16.7 Å². The van der Waals surface area contributed by atoms with E-state index in [-0.39, 0.29) is 23.7 Å². The molecule has 0 radical (unpaired) electrons. The Bertz CT molecular complexity index is 928. The molecule has 1 aromatic rings. The first-order valence-corrected chi connectivity index (χ1v) is 12.0. The van der Waals surface area contributed by atoms with E-state index in [9.17, 15) is 13.8 Å². The van der Waals surface area contributed by atoms with Crippen molar-refractivity contribution in [3.8, 4) is 0 Å². The quantitative estimate of drug-likeness (QED) is 0.413. The zero-order valence-electron chi connectivity index (χ0n) is 19.6. The summed E-state index contributed by atoms with van der Waals surface area (Å²) in [4.78, 5) is 26.1. The van der Waals surface area contributed by atoms with Crippen molar-refractivity contribution < 1.29 is 23.3 Å². The van der Waals surface area contributed by atoms with Crippen LogP contribution in [0.4, 0.5) is 4.79 Å². The standard InChI is InChI=1S/C23H32ClNO5S/c1-9-31(28)25-20(26)18(17-15(3)10-14(2)11-16(17)4)19(23(25,7)8)30-21(27)29-13-22(5,6)12-24/h10-11H,9,12-13H2,1-8H3. The SMILES string of the molecule is CCS(=O)N1C(=O)C(c2c(C)cc(C)cc2C)=C(OC(=O)OCC(C)(C)CCl)C1(C)C. The number of alkyl halides is 1. The number of hydrogen-bond acceptors (Lipinski definition) is 5. The maximum atomic E-state index is 13.5. The van der Waals surface area contributed by atoms with Crippen molar-refractivity contribution in [3.63, 3.8) is 0 Å². The summed E-state index contributed by atoms with van der Waals surface area (Å²) < 4.78 is 25.0.